The van der Waals surface area contributed by atoms with Gasteiger partial charge in [0.25, 0.3) is 0 Å². The van der Waals surface area contributed by atoms with Crippen molar-refractivity contribution < 1.29 is 9.47 Å². The molecule has 0 spiro atoms. The highest BCUT2D eigenvalue weighted by atomic mass is 16.5. The van der Waals surface area contributed by atoms with Gasteiger partial charge in [0.15, 0.2) is 0 Å². The van der Waals surface area contributed by atoms with Crippen molar-refractivity contribution in [1.82, 2.24) is 0 Å². The lowest BCUT2D eigenvalue weighted by molar-refractivity contribution is 0.317. The SMILES string of the molecule is CCCOc1ccc(C#Cc2ccc(OCCC)cc2)cc1. The molecular weight excluding hydrogens is 272 g/mol. The Morgan fingerprint density at radius 1 is 0.636 bits per heavy atom. The van der Waals surface area contributed by atoms with Crippen LogP contribution in [0.1, 0.15) is 37.8 Å². The third-order valence-electron chi connectivity index (χ3n) is 3.01. The van der Waals surface area contributed by atoms with Crippen LogP contribution in [-0.2, 0) is 0 Å². The van der Waals surface area contributed by atoms with Gasteiger partial charge in [-0.1, -0.05) is 25.7 Å². The summed E-state index contributed by atoms with van der Waals surface area (Å²) in [7, 11) is 0. The van der Waals surface area contributed by atoms with E-state index >= 15 is 0 Å². The van der Waals surface area contributed by atoms with Crippen LogP contribution in [0.4, 0.5) is 0 Å². The van der Waals surface area contributed by atoms with Crippen LogP contribution in [0.2, 0.25) is 0 Å². The average Bonchev–Trinajstić information content (AvgIpc) is 2.58. The van der Waals surface area contributed by atoms with E-state index in [9.17, 15) is 0 Å². The Labute approximate surface area is 133 Å². The van der Waals surface area contributed by atoms with Gasteiger partial charge in [-0.2, -0.15) is 0 Å². The van der Waals surface area contributed by atoms with Crippen molar-refractivity contribution in [1.29, 1.82) is 0 Å². The first-order valence-electron chi connectivity index (χ1n) is 7.79. The fourth-order valence-corrected chi connectivity index (χ4v) is 1.85. The van der Waals surface area contributed by atoms with E-state index in [1.54, 1.807) is 0 Å². The molecule has 2 nitrogen and oxygen atoms in total. The highest BCUT2D eigenvalue weighted by Crippen LogP contribution is 2.13. The zero-order chi connectivity index (χ0) is 15.6. The zero-order valence-electron chi connectivity index (χ0n) is 13.3. The topological polar surface area (TPSA) is 18.5 Å². The summed E-state index contributed by atoms with van der Waals surface area (Å²) in [6.45, 7) is 5.69. The lowest BCUT2D eigenvalue weighted by Crippen LogP contribution is -1.94. The summed E-state index contributed by atoms with van der Waals surface area (Å²) in [4.78, 5) is 0. The van der Waals surface area contributed by atoms with Crippen LogP contribution >= 0.6 is 0 Å². The summed E-state index contributed by atoms with van der Waals surface area (Å²) in [5, 5.41) is 0. The van der Waals surface area contributed by atoms with Crippen LogP contribution in [0.3, 0.4) is 0 Å². The lowest BCUT2D eigenvalue weighted by Gasteiger charge is -2.03. The van der Waals surface area contributed by atoms with Crippen molar-refractivity contribution in [3.63, 3.8) is 0 Å². The molecule has 0 aliphatic rings. The first kappa shape index (κ1) is 16.0. The quantitative estimate of drug-likeness (QED) is 0.721. The maximum Gasteiger partial charge on any atom is 0.119 e. The fourth-order valence-electron chi connectivity index (χ4n) is 1.85. The van der Waals surface area contributed by atoms with E-state index in [2.05, 4.69) is 25.7 Å². The second-order valence-corrected chi connectivity index (χ2v) is 5.00. The van der Waals surface area contributed by atoms with Crippen LogP contribution in [-0.4, -0.2) is 13.2 Å². The van der Waals surface area contributed by atoms with Gasteiger partial charge in [-0.3, -0.25) is 0 Å². The van der Waals surface area contributed by atoms with Crippen molar-refractivity contribution >= 4 is 0 Å². The van der Waals surface area contributed by atoms with Crippen molar-refractivity contribution in [3.05, 3.63) is 59.7 Å². The minimum atomic E-state index is 0.747. The van der Waals surface area contributed by atoms with Gasteiger partial charge in [0.1, 0.15) is 11.5 Å². The van der Waals surface area contributed by atoms with Gasteiger partial charge in [0.05, 0.1) is 13.2 Å². The van der Waals surface area contributed by atoms with Crippen molar-refractivity contribution in [2.45, 2.75) is 26.7 Å². The minimum absolute atomic E-state index is 0.747. The van der Waals surface area contributed by atoms with Gasteiger partial charge < -0.3 is 9.47 Å². The average molecular weight is 294 g/mol. The second kappa shape index (κ2) is 8.79. The van der Waals surface area contributed by atoms with E-state index < -0.39 is 0 Å². The van der Waals surface area contributed by atoms with Crippen molar-refractivity contribution in [3.8, 4) is 23.3 Å². The van der Waals surface area contributed by atoms with Gasteiger partial charge in [-0.05, 0) is 61.4 Å². The van der Waals surface area contributed by atoms with E-state index in [4.69, 9.17) is 9.47 Å². The number of hydrogen-bond acceptors (Lipinski definition) is 2. The summed E-state index contributed by atoms with van der Waals surface area (Å²) in [5.41, 5.74) is 1.96. The highest BCUT2D eigenvalue weighted by molar-refractivity contribution is 5.45. The Morgan fingerprint density at radius 2 is 1.00 bits per heavy atom. The van der Waals surface area contributed by atoms with Gasteiger partial charge in [-0.25, -0.2) is 0 Å². The third kappa shape index (κ3) is 5.18. The minimum Gasteiger partial charge on any atom is -0.494 e. The van der Waals surface area contributed by atoms with Gasteiger partial charge >= 0.3 is 0 Å². The first-order valence-corrected chi connectivity index (χ1v) is 7.79. The van der Waals surface area contributed by atoms with Gasteiger partial charge in [0.2, 0.25) is 0 Å². The van der Waals surface area contributed by atoms with Crippen LogP contribution < -0.4 is 9.47 Å². The number of ether oxygens (including phenoxy) is 2. The molecule has 0 amide bonds. The van der Waals surface area contributed by atoms with E-state index in [0.717, 1.165) is 48.7 Å². The molecule has 2 heteroatoms. The van der Waals surface area contributed by atoms with E-state index in [1.807, 2.05) is 48.5 Å². The molecule has 0 aliphatic carbocycles. The molecular formula is C20H22O2. The Morgan fingerprint density at radius 3 is 1.32 bits per heavy atom. The summed E-state index contributed by atoms with van der Waals surface area (Å²) >= 11 is 0. The largest absolute Gasteiger partial charge is 0.494 e. The molecule has 0 saturated heterocycles. The maximum atomic E-state index is 5.56. The molecule has 0 fully saturated rings. The summed E-state index contributed by atoms with van der Waals surface area (Å²) in [5.74, 6) is 8.11. The number of benzene rings is 2. The molecule has 0 aromatic heterocycles. The Hall–Kier alpha value is -2.40. The fraction of sp³-hybridized carbons (Fsp3) is 0.300. The summed E-state index contributed by atoms with van der Waals surface area (Å²) in [6, 6.07) is 15.8. The maximum absolute atomic E-state index is 5.56. The van der Waals surface area contributed by atoms with Gasteiger partial charge in [0, 0.05) is 11.1 Å². The predicted molar refractivity (Wildman–Crippen MR) is 90.4 cm³/mol. The molecule has 2 aromatic carbocycles. The standard InChI is InChI=1S/C20H22O2/c1-3-15-21-19-11-7-17(8-12-19)5-6-18-9-13-20(14-10-18)22-16-4-2/h7-14H,3-4,15-16H2,1-2H3. The van der Waals surface area contributed by atoms with Crippen LogP contribution in [0.25, 0.3) is 0 Å². The van der Waals surface area contributed by atoms with Crippen molar-refractivity contribution in [2.24, 2.45) is 0 Å². The van der Waals surface area contributed by atoms with Crippen molar-refractivity contribution in [2.75, 3.05) is 13.2 Å². The molecule has 0 aliphatic heterocycles. The lowest BCUT2D eigenvalue weighted by atomic mass is 10.2. The first-order chi connectivity index (χ1) is 10.8. The molecule has 2 aromatic rings. The summed E-state index contributed by atoms with van der Waals surface area (Å²) in [6.07, 6.45) is 2.03. The molecule has 0 atom stereocenters. The smallest absolute Gasteiger partial charge is 0.119 e. The molecule has 0 saturated carbocycles. The Kier molecular flexibility index (Phi) is 6.39. The number of hydrogen-bond donors (Lipinski definition) is 0. The van der Waals surface area contributed by atoms with Gasteiger partial charge in [-0.15, -0.1) is 0 Å². The molecule has 0 bridgehead atoms. The normalized spacial score (nSPS) is 9.73. The molecule has 0 N–H and O–H groups in total. The predicted octanol–water partition coefficient (Wildman–Crippen LogP) is 4.66. The summed E-state index contributed by atoms with van der Waals surface area (Å²) < 4.78 is 11.1. The highest BCUT2D eigenvalue weighted by Gasteiger charge is 1.94. The molecule has 22 heavy (non-hydrogen) atoms. The van der Waals surface area contributed by atoms with E-state index in [0.29, 0.717) is 0 Å². The number of rotatable bonds is 6. The molecule has 114 valence electrons. The zero-order valence-corrected chi connectivity index (χ0v) is 13.3. The molecule has 2 rings (SSSR count). The Balaban J connectivity index is 1.97. The molecule has 0 heterocycles. The third-order valence-corrected chi connectivity index (χ3v) is 3.01. The van der Waals surface area contributed by atoms with Crippen LogP contribution in [0.5, 0.6) is 11.5 Å². The van der Waals surface area contributed by atoms with E-state index in [-0.39, 0.29) is 0 Å². The van der Waals surface area contributed by atoms with Crippen LogP contribution in [0, 0.1) is 11.8 Å². The van der Waals surface area contributed by atoms with E-state index in [1.165, 1.54) is 0 Å². The molecule has 0 unspecified atom stereocenters. The second-order valence-electron chi connectivity index (χ2n) is 5.00. The Bertz CT molecular complexity index is 560. The molecule has 0 radical (unpaired) electrons. The van der Waals surface area contributed by atoms with Crippen LogP contribution in [0.15, 0.2) is 48.5 Å². The monoisotopic (exact) mass is 294 g/mol.